The first-order valence-corrected chi connectivity index (χ1v) is 7.06. The first-order chi connectivity index (χ1) is 10.8. The molecular formula is C16H14N4O2. The van der Waals surface area contributed by atoms with E-state index in [1.165, 1.54) is 0 Å². The molecule has 0 spiro atoms. The molecule has 0 aliphatic carbocycles. The van der Waals surface area contributed by atoms with Crippen LogP contribution in [0.5, 0.6) is 5.75 Å². The number of fused-ring (bicyclic) bond motifs is 1. The van der Waals surface area contributed by atoms with Crippen LogP contribution in [0.15, 0.2) is 54.9 Å². The van der Waals surface area contributed by atoms with Crippen molar-refractivity contribution in [3.63, 3.8) is 0 Å². The smallest absolute Gasteiger partial charge is 0.155 e. The summed E-state index contributed by atoms with van der Waals surface area (Å²) < 4.78 is 7.17. The topological polar surface area (TPSA) is 73.1 Å². The Kier molecular flexibility index (Phi) is 2.90. The zero-order valence-electron chi connectivity index (χ0n) is 11.8. The van der Waals surface area contributed by atoms with E-state index < -0.39 is 5.60 Å². The van der Waals surface area contributed by atoms with Gasteiger partial charge in [0.1, 0.15) is 17.0 Å². The van der Waals surface area contributed by atoms with E-state index in [-0.39, 0.29) is 0 Å². The molecule has 22 heavy (non-hydrogen) atoms. The quantitative estimate of drug-likeness (QED) is 0.778. The summed E-state index contributed by atoms with van der Waals surface area (Å²) in [6.07, 6.45) is 3.84. The van der Waals surface area contributed by atoms with Gasteiger partial charge in [0.15, 0.2) is 5.82 Å². The highest BCUT2D eigenvalue weighted by atomic mass is 16.5. The maximum absolute atomic E-state index is 11.1. The van der Waals surface area contributed by atoms with Crippen LogP contribution in [0.3, 0.4) is 0 Å². The summed E-state index contributed by atoms with van der Waals surface area (Å²) in [5, 5.41) is 19.4. The van der Waals surface area contributed by atoms with Crippen LogP contribution in [0.2, 0.25) is 0 Å². The highest BCUT2D eigenvalue weighted by molar-refractivity contribution is 5.44. The highest BCUT2D eigenvalue weighted by Crippen LogP contribution is 2.40. The molecule has 0 fully saturated rings. The Hall–Kier alpha value is -2.73. The maximum Gasteiger partial charge on any atom is 0.155 e. The van der Waals surface area contributed by atoms with E-state index in [4.69, 9.17) is 4.74 Å². The summed E-state index contributed by atoms with van der Waals surface area (Å²) in [7, 11) is 0. The summed E-state index contributed by atoms with van der Waals surface area (Å²) in [6, 6.07) is 13.0. The molecule has 1 aromatic carbocycles. The highest BCUT2D eigenvalue weighted by Gasteiger charge is 2.39. The molecule has 1 aliphatic heterocycles. The summed E-state index contributed by atoms with van der Waals surface area (Å²) in [4.78, 5) is 4.23. The van der Waals surface area contributed by atoms with Gasteiger partial charge in [-0.05, 0) is 18.2 Å². The van der Waals surface area contributed by atoms with Crippen molar-refractivity contribution in [3.05, 3.63) is 66.1 Å². The van der Waals surface area contributed by atoms with Crippen molar-refractivity contribution in [3.8, 4) is 11.6 Å². The Labute approximate surface area is 127 Å². The lowest BCUT2D eigenvalue weighted by atomic mass is 9.85. The van der Waals surface area contributed by atoms with E-state index in [1.807, 2.05) is 42.5 Å². The van der Waals surface area contributed by atoms with Gasteiger partial charge in [-0.2, -0.15) is 0 Å². The minimum Gasteiger partial charge on any atom is -0.493 e. The van der Waals surface area contributed by atoms with Crippen molar-refractivity contribution >= 4 is 0 Å². The molecule has 0 saturated carbocycles. The molecule has 3 heterocycles. The third-order valence-corrected chi connectivity index (χ3v) is 3.86. The van der Waals surface area contributed by atoms with Gasteiger partial charge in [0.2, 0.25) is 0 Å². The van der Waals surface area contributed by atoms with Crippen molar-refractivity contribution in [2.75, 3.05) is 6.61 Å². The number of benzene rings is 1. The fourth-order valence-corrected chi connectivity index (χ4v) is 2.70. The standard InChI is InChI=1S/C16H14N4O2/c21-16(8-10-22-13-6-2-1-5-12(13)16)14-11-20(19-18-14)15-7-3-4-9-17-15/h1-7,9,11,21H,8,10H2. The third-order valence-electron chi connectivity index (χ3n) is 3.86. The van der Waals surface area contributed by atoms with Crippen LogP contribution in [0.25, 0.3) is 5.82 Å². The van der Waals surface area contributed by atoms with Crippen molar-refractivity contribution in [1.82, 2.24) is 20.0 Å². The van der Waals surface area contributed by atoms with E-state index in [0.717, 1.165) is 0 Å². The lowest BCUT2D eigenvalue weighted by molar-refractivity contribution is 0.0310. The largest absolute Gasteiger partial charge is 0.493 e. The van der Waals surface area contributed by atoms with Crippen LogP contribution >= 0.6 is 0 Å². The monoisotopic (exact) mass is 294 g/mol. The molecule has 0 amide bonds. The Balaban J connectivity index is 1.78. The number of nitrogens with zero attached hydrogens (tertiary/aromatic N) is 4. The second kappa shape index (κ2) is 4.92. The van der Waals surface area contributed by atoms with E-state index >= 15 is 0 Å². The molecule has 0 radical (unpaired) electrons. The van der Waals surface area contributed by atoms with Crippen LogP contribution in [0, 0.1) is 0 Å². The van der Waals surface area contributed by atoms with Crippen molar-refractivity contribution in [2.24, 2.45) is 0 Å². The molecule has 0 saturated heterocycles. The van der Waals surface area contributed by atoms with Crippen LogP contribution in [-0.4, -0.2) is 31.7 Å². The Morgan fingerprint density at radius 2 is 2.00 bits per heavy atom. The minimum absolute atomic E-state index is 0.434. The van der Waals surface area contributed by atoms with Crippen LogP contribution in [0.4, 0.5) is 0 Å². The summed E-state index contributed by atoms with van der Waals surface area (Å²) in [6.45, 7) is 0.434. The van der Waals surface area contributed by atoms with Gasteiger partial charge < -0.3 is 9.84 Å². The molecule has 3 aromatic rings. The Morgan fingerprint density at radius 1 is 1.14 bits per heavy atom. The number of aromatic nitrogens is 4. The third kappa shape index (κ3) is 1.96. The van der Waals surface area contributed by atoms with Crippen LogP contribution < -0.4 is 4.74 Å². The zero-order valence-corrected chi connectivity index (χ0v) is 11.8. The van der Waals surface area contributed by atoms with Gasteiger partial charge in [0.05, 0.1) is 12.8 Å². The maximum atomic E-state index is 11.1. The molecule has 0 bridgehead atoms. The first kappa shape index (κ1) is 13.0. The van der Waals surface area contributed by atoms with Crippen molar-refractivity contribution in [2.45, 2.75) is 12.0 Å². The molecule has 6 nitrogen and oxygen atoms in total. The Morgan fingerprint density at radius 3 is 2.86 bits per heavy atom. The average Bonchev–Trinajstić information content (AvgIpc) is 3.07. The SMILES string of the molecule is OC1(c2cn(-c3ccccn3)nn2)CCOc2ccccc21. The molecule has 4 rings (SSSR count). The van der Waals surface area contributed by atoms with E-state index in [9.17, 15) is 5.11 Å². The van der Waals surface area contributed by atoms with E-state index in [0.29, 0.717) is 35.9 Å². The predicted molar refractivity (Wildman–Crippen MR) is 78.7 cm³/mol. The molecule has 1 unspecified atom stereocenters. The average molecular weight is 294 g/mol. The van der Waals surface area contributed by atoms with E-state index in [2.05, 4.69) is 15.3 Å². The molecule has 1 aliphatic rings. The van der Waals surface area contributed by atoms with Gasteiger partial charge in [-0.3, -0.25) is 0 Å². The molecule has 6 heteroatoms. The molecule has 1 atom stereocenters. The second-order valence-corrected chi connectivity index (χ2v) is 5.19. The van der Waals surface area contributed by atoms with Crippen LogP contribution in [-0.2, 0) is 5.60 Å². The summed E-state index contributed by atoms with van der Waals surface area (Å²) in [5.41, 5.74) is 0.0187. The fourth-order valence-electron chi connectivity index (χ4n) is 2.70. The summed E-state index contributed by atoms with van der Waals surface area (Å²) >= 11 is 0. The number of ether oxygens (including phenoxy) is 1. The van der Waals surface area contributed by atoms with Gasteiger partial charge >= 0.3 is 0 Å². The predicted octanol–water partition coefficient (Wildman–Crippen LogP) is 1.68. The molecular weight excluding hydrogens is 280 g/mol. The normalized spacial score (nSPS) is 20.2. The number of hydrogen-bond donors (Lipinski definition) is 1. The van der Waals surface area contributed by atoms with Crippen molar-refractivity contribution < 1.29 is 9.84 Å². The molecule has 2 aromatic heterocycles. The van der Waals surface area contributed by atoms with Gasteiger partial charge in [0.25, 0.3) is 0 Å². The van der Waals surface area contributed by atoms with Crippen molar-refractivity contribution in [1.29, 1.82) is 0 Å². The molecule has 110 valence electrons. The van der Waals surface area contributed by atoms with Gasteiger partial charge in [-0.15, -0.1) is 5.10 Å². The number of pyridine rings is 1. The minimum atomic E-state index is -1.19. The fraction of sp³-hybridized carbons (Fsp3) is 0.188. The summed E-state index contributed by atoms with van der Waals surface area (Å²) in [5.74, 6) is 1.34. The van der Waals surface area contributed by atoms with Gasteiger partial charge in [-0.25, -0.2) is 9.67 Å². The number of rotatable bonds is 2. The van der Waals surface area contributed by atoms with Gasteiger partial charge in [-0.1, -0.05) is 29.5 Å². The second-order valence-electron chi connectivity index (χ2n) is 5.19. The first-order valence-electron chi connectivity index (χ1n) is 7.06. The Bertz CT molecular complexity index is 803. The zero-order chi connectivity index (χ0) is 15.0. The number of aliphatic hydroxyl groups is 1. The lowest BCUT2D eigenvalue weighted by Crippen LogP contribution is -2.34. The number of hydrogen-bond acceptors (Lipinski definition) is 5. The van der Waals surface area contributed by atoms with E-state index in [1.54, 1.807) is 17.1 Å². The molecule has 1 N–H and O–H groups in total. The lowest BCUT2D eigenvalue weighted by Gasteiger charge is -2.32. The van der Waals surface area contributed by atoms with Crippen LogP contribution in [0.1, 0.15) is 17.7 Å². The number of para-hydroxylation sites is 1. The van der Waals surface area contributed by atoms with Gasteiger partial charge in [0, 0.05) is 18.2 Å².